The fourth-order valence-electron chi connectivity index (χ4n) is 2.60. The van der Waals surface area contributed by atoms with Crippen LogP contribution in [0.5, 0.6) is 5.75 Å². The van der Waals surface area contributed by atoms with Crippen LogP contribution >= 0.6 is 0 Å². The molecule has 1 heterocycles. The first kappa shape index (κ1) is 15.8. The fraction of sp³-hybridized carbons (Fsp3) is 0.400. The molecule has 2 atom stereocenters. The van der Waals surface area contributed by atoms with Gasteiger partial charge in [0.2, 0.25) is 5.91 Å². The maximum absolute atomic E-state index is 12.1. The van der Waals surface area contributed by atoms with Gasteiger partial charge in [-0.25, -0.2) is 0 Å². The highest BCUT2D eigenvalue weighted by atomic mass is 16.5. The summed E-state index contributed by atoms with van der Waals surface area (Å²) >= 11 is 0. The molecule has 22 heavy (non-hydrogen) atoms. The van der Waals surface area contributed by atoms with E-state index in [2.05, 4.69) is 0 Å². The molecule has 1 fully saturated rings. The van der Waals surface area contributed by atoms with Crippen LogP contribution in [0.25, 0.3) is 0 Å². The van der Waals surface area contributed by atoms with Crippen LogP contribution in [0.1, 0.15) is 24.4 Å². The average Bonchev–Trinajstić information content (AvgIpc) is 2.87. The SMILES string of the molecule is COc1ccc(C(CC(=O)O)N2CC(C(=O)O)CC2=O)cc1. The fourth-order valence-corrected chi connectivity index (χ4v) is 2.60. The molecule has 1 aromatic carbocycles. The van der Waals surface area contributed by atoms with Crippen molar-refractivity contribution in [1.82, 2.24) is 4.90 Å². The van der Waals surface area contributed by atoms with E-state index in [1.165, 1.54) is 12.0 Å². The largest absolute Gasteiger partial charge is 0.497 e. The highest BCUT2D eigenvalue weighted by Gasteiger charge is 2.39. The Labute approximate surface area is 127 Å². The predicted molar refractivity (Wildman–Crippen MR) is 75.4 cm³/mol. The molecule has 1 aliphatic rings. The van der Waals surface area contributed by atoms with Crippen molar-refractivity contribution in [1.29, 1.82) is 0 Å². The van der Waals surface area contributed by atoms with E-state index < -0.39 is 23.9 Å². The summed E-state index contributed by atoms with van der Waals surface area (Å²) in [5.74, 6) is -2.60. The first-order valence-electron chi connectivity index (χ1n) is 6.80. The number of hydrogen-bond acceptors (Lipinski definition) is 4. The van der Waals surface area contributed by atoms with Crippen molar-refractivity contribution in [3.63, 3.8) is 0 Å². The van der Waals surface area contributed by atoms with Crippen molar-refractivity contribution in [2.24, 2.45) is 5.92 Å². The Hall–Kier alpha value is -2.57. The molecule has 1 aliphatic heterocycles. The van der Waals surface area contributed by atoms with E-state index in [9.17, 15) is 14.4 Å². The van der Waals surface area contributed by atoms with Crippen LogP contribution in [0.4, 0.5) is 0 Å². The van der Waals surface area contributed by atoms with Crippen LogP contribution in [0.3, 0.4) is 0 Å². The lowest BCUT2D eigenvalue weighted by molar-refractivity contribution is -0.141. The number of ether oxygens (including phenoxy) is 1. The lowest BCUT2D eigenvalue weighted by atomic mass is 10.0. The molecule has 2 N–H and O–H groups in total. The zero-order valence-corrected chi connectivity index (χ0v) is 12.1. The van der Waals surface area contributed by atoms with Crippen LogP contribution in [0, 0.1) is 5.92 Å². The lowest BCUT2D eigenvalue weighted by Crippen LogP contribution is -2.32. The summed E-state index contributed by atoms with van der Waals surface area (Å²) in [4.78, 5) is 35.5. The molecular weight excluding hydrogens is 290 g/mol. The van der Waals surface area contributed by atoms with E-state index in [0.717, 1.165) is 0 Å². The van der Waals surface area contributed by atoms with Gasteiger partial charge in [0.05, 0.1) is 25.5 Å². The first-order chi connectivity index (χ1) is 10.4. The summed E-state index contributed by atoms with van der Waals surface area (Å²) in [5, 5.41) is 18.1. The maximum atomic E-state index is 12.1. The molecule has 118 valence electrons. The zero-order chi connectivity index (χ0) is 16.3. The second-order valence-corrected chi connectivity index (χ2v) is 5.17. The number of carboxylic acid groups (broad SMARTS) is 2. The Morgan fingerprint density at radius 1 is 1.32 bits per heavy atom. The number of methoxy groups -OCH3 is 1. The van der Waals surface area contributed by atoms with E-state index in [1.54, 1.807) is 24.3 Å². The number of hydrogen-bond donors (Lipinski definition) is 2. The van der Waals surface area contributed by atoms with Crippen molar-refractivity contribution >= 4 is 17.8 Å². The van der Waals surface area contributed by atoms with Gasteiger partial charge in [0, 0.05) is 13.0 Å². The molecule has 1 amide bonds. The number of aliphatic carboxylic acids is 2. The minimum Gasteiger partial charge on any atom is -0.497 e. The molecule has 1 aromatic rings. The summed E-state index contributed by atoms with van der Waals surface area (Å²) in [5.41, 5.74) is 0.641. The summed E-state index contributed by atoms with van der Waals surface area (Å²) in [6.07, 6.45) is -0.369. The van der Waals surface area contributed by atoms with Crippen molar-refractivity contribution in [3.05, 3.63) is 29.8 Å². The van der Waals surface area contributed by atoms with Gasteiger partial charge in [-0.1, -0.05) is 12.1 Å². The zero-order valence-electron chi connectivity index (χ0n) is 12.1. The number of rotatable bonds is 6. The molecule has 1 saturated heterocycles. The Morgan fingerprint density at radius 2 is 1.95 bits per heavy atom. The van der Waals surface area contributed by atoms with Crippen LogP contribution in [-0.4, -0.2) is 46.6 Å². The predicted octanol–water partition coefficient (Wildman–Crippen LogP) is 1.14. The molecule has 0 aliphatic carbocycles. The molecule has 0 spiro atoms. The van der Waals surface area contributed by atoms with E-state index in [4.69, 9.17) is 14.9 Å². The Balaban J connectivity index is 2.27. The summed E-state index contributed by atoms with van der Waals surface area (Å²) in [6.45, 7) is 0.0259. The number of nitrogens with zero attached hydrogens (tertiary/aromatic N) is 1. The third-order valence-electron chi connectivity index (χ3n) is 3.75. The molecule has 0 bridgehead atoms. The standard InChI is InChI=1S/C15H17NO6/c1-22-11-4-2-9(3-5-11)12(7-14(18)19)16-8-10(15(20)21)6-13(16)17/h2-5,10,12H,6-8H2,1H3,(H,18,19)(H,20,21). The van der Waals surface area contributed by atoms with Gasteiger partial charge in [-0.05, 0) is 17.7 Å². The number of likely N-dealkylation sites (tertiary alicyclic amines) is 1. The van der Waals surface area contributed by atoms with Crippen molar-refractivity contribution in [3.8, 4) is 5.75 Å². The van der Waals surface area contributed by atoms with Gasteiger partial charge in [0.15, 0.2) is 0 Å². The normalized spacial score (nSPS) is 19.0. The quantitative estimate of drug-likeness (QED) is 0.817. The number of benzene rings is 1. The van der Waals surface area contributed by atoms with E-state index in [0.29, 0.717) is 11.3 Å². The minimum atomic E-state index is -1.05. The van der Waals surface area contributed by atoms with Gasteiger partial charge in [-0.15, -0.1) is 0 Å². The van der Waals surface area contributed by atoms with Gasteiger partial charge in [-0.2, -0.15) is 0 Å². The molecule has 0 radical (unpaired) electrons. The Morgan fingerprint density at radius 3 is 2.41 bits per heavy atom. The molecule has 0 aromatic heterocycles. The average molecular weight is 307 g/mol. The monoisotopic (exact) mass is 307 g/mol. The molecule has 7 heteroatoms. The number of carbonyl (C=O) groups is 3. The highest BCUT2D eigenvalue weighted by molar-refractivity contribution is 5.86. The number of carbonyl (C=O) groups excluding carboxylic acids is 1. The third-order valence-corrected chi connectivity index (χ3v) is 3.75. The van der Waals surface area contributed by atoms with Gasteiger partial charge >= 0.3 is 11.9 Å². The molecule has 7 nitrogen and oxygen atoms in total. The molecule has 0 saturated carbocycles. The molecule has 2 rings (SSSR count). The lowest BCUT2D eigenvalue weighted by Gasteiger charge is -2.27. The van der Waals surface area contributed by atoms with E-state index in [1.807, 2.05) is 0 Å². The van der Waals surface area contributed by atoms with Crippen molar-refractivity contribution < 1.29 is 29.3 Å². The van der Waals surface area contributed by atoms with Crippen molar-refractivity contribution in [2.45, 2.75) is 18.9 Å². The van der Waals surface area contributed by atoms with Crippen LogP contribution in [-0.2, 0) is 14.4 Å². The summed E-state index contributed by atoms with van der Waals surface area (Å²) in [7, 11) is 1.52. The Kier molecular flexibility index (Phi) is 4.65. The van der Waals surface area contributed by atoms with Crippen LogP contribution < -0.4 is 4.74 Å². The van der Waals surface area contributed by atoms with Gasteiger partial charge in [-0.3, -0.25) is 14.4 Å². The first-order valence-corrected chi connectivity index (χ1v) is 6.80. The van der Waals surface area contributed by atoms with Gasteiger partial charge < -0.3 is 19.8 Å². The number of carboxylic acids is 2. The van der Waals surface area contributed by atoms with Crippen LogP contribution in [0.15, 0.2) is 24.3 Å². The maximum Gasteiger partial charge on any atom is 0.308 e. The molecular formula is C15H17NO6. The smallest absolute Gasteiger partial charge is 0.308 e. The topological polar surface area (TPSA) is 104 Å². The Bertz CT molecular complexity index is 582. The molecule has 2 unspecified atom stereocenters. The number of amides is 1. The van der Waals surface area contributed by atoms with Crippen LogP contribution in [0.2, 0.25) is 0 Å². The van der Waals surface area contributed by atoms with E-state index in [-0.39, 0.29) is 25.3 Å². The van der Waals surface area contributed by atoms with Crippen molar-refractivity contribution in [2.75, 3.05) is 13.7 Å². The highest BCUT2D eigenvalue weighted by Crippen LogP contribution is 2.32. The summed E-state index contributed by atoms with van der Waals surface area (Å²) < 4.78 is 5.05. The van der Waals surface area contributed by atoms with E-state index >= 15 is 0 Å². The second kappa shape index (κ2) is 6.46. The van der Waals surface area contributed by atoms with Gasteiger partial charge in [0.25, 0.3) is 0 Å². The second-order valence-electron chi connectivity index (χ2n) is 5.17. The minimum absolute atomic E-state index is 0.0259. The van der Waals surface area contributed by atoms with Gasteiger partial charge in [0.1, 0.15) is 5.75 Å². The summed E-state index contributed by atoms with van der Waals surface area (Å²) in [6, 6.07) is 6.06. The third kappa shape index (κ3) is 3.36.